The fourth-order valence-electron chi connectivity index (χ4n) is 2.22. The molecule has 0 radical (unpaired) electrons. The van der Waals surface area contributed by atoms with E-state index in [1.165, 1.54) is 12.8 Å². The molecule has 98 valence electrons. The third-order valence-corrected chi connectivity index (χ3v) is 2.76. The molecule has 0 aliphatic heterocycles. The molecule has 2 nitrogen and oxygen atoms in total. The summed E-state index contributed by atoms with van der Waals surface area (Å²) in [5.41, 5.74) is 0. The van der Waals surface area contributed by atoms with Gasteiger partial charge in [0.25, 0.3) is 0 Å². The fourth-order valence-corrected chi connectivity index (χ4v) is 2.22. The summed E-state index contributed by atoms with van der Waals surface area (Å²) in [5.74, 6) is 1.57. The molecule has 16 heavy (non-hydrogen) atoms. The van der Waals surface area contributed by atoms with Crippen LogP contribution in [0.4, 0.5) is 0 Å². The average molecular weight is 228 g/mol. The Morgan fingerprint density at radius 3 is 1.19 bits per heavy atom. The van der Waals surface area contributed by atoms with Crippen LogP contribution in [0.2, 0.25) is 0 Å². The molecule has 0 rings (SSSR count). The number of rotatable bonds is 9. The predicted octanol–water partition coefficient (Wildman–Crippen LogP) is 3.03. The minimum atomic E-state index is 0.641. The Morgan fingerprint density at radius 2 is 0.938 bits per heavy atom. The molecule has 2 atom stereocenters. The summed E-state index contributed by atoms with van der Waals surface area (Å²) in [5, 5.41) is 7.12. The molecule has 0 aliphatic carbocycles. The topological polar surface area (TPSA) is 24.1 Å². The Balaban J connectivity index is 3.38. The normalized spacial score (nSPS) is 15.8. The van der Waals surface area contributed by atoms with Gasteiger partial charge in [-0.2, -0.15) is 0 Å². The maximum absolute atomic E-state index is 3.56. The van der Waals surface area contributed by atoms with Crippen molar-refractivity contribution in [2.75, 3.05) is 13.1 Å². The van der Waals surface area contributed by atoms with Crippen LogP contribution >= 0.6 is 0 Å². The van der Waals surface area contributed by atoms with Gasteiger partial charge in [-0.15, -0.1) is 0 Å². The van der Waals surface area contributed by atoms with Gasteiger partial charge in [0.05, 0.1) is 0 Å². The van der Waals surface area contributed by atoms with Gasteiger partial charge in [-0.05, 0) is 38.5 Å². The van der Waals surface area contributed by atoms with Gasteiger partial charge in [-0.25, -0.2) is 0 Å². The first-order valence-electron chi connectivity index (χ1n) is 6.88. The summed E-state index contributed by atoms with van der Waals surface area (Å²) < 4.78 is 0. The fraction of sp³-hybridized carbons (Fsp3) is 1.00. The highest BCUT2D eigenvalue weighted by Gasteiger charge is 2.05. The molecule has 0 unspecified atom stereocenters. The van der Waals surface area contributed by atoms with Gasteiger partial charge in [0.1, 0.15) is 0 Å². The third-order valence-electron chi connectivity index (χ3n) is 2.76. The highest BCUT2D eigenvalue weighted by atomic mass is 15.0. The van der Waals surface area contributed by atoms with Crippen LogP contribution in [0.25, 0.3) is 0 Å². The molecule has 0 saturated heterocycles. The minimum absolute atomic E-state index is 0.641. The molecular formula is C14H32N2. The summed E-state index contributed by atoms with van der Waals surface area (Å²) in [7, 11) is 0. The Hall–Kier alpha value is -0.0800. The van der Waals surface area contributed by atoms with Gasteiger partial charge in [-0.3, -0.25) is 0 Å². The van der Waals surface area contributed by atoms with Crippen LogP contribution < -0.4 is 10.6 Å². The van der Waals surface area contributed by atoms with Gasteiger partial charge in [-0.1, -0.05) is 27.7 Å². The van der Waals surface area contributed by atoms with E-state index in [4.69, 9.17) is 0 Å². The van der Waals surface area contributed by atoms with Crippen molar-refractivity contribution in [3.63, 3.8) is 0 Å². The Labute approximate surface area is 103 Å². The molecule has 0 aromatic heterocycles. The van der Waals surface area contributed by atoms with Gasteiger partial charge >= 0.3 is 0 Å². The van der Waals surface area contributed by atoms with Crippen LogP contribution in [-0.4, -0.2) is 25.2 Å². The molecule has 0 aliphatic rings. The van der Waals surface area contributed by atoms with Gasteiger partial charge in [0, 0.05) is 25.2 Å². The van der Waals surface area contributed by atoms with Crippen molar-refractivity contribution in [3.8, 4) is 0 Å². The maximum Gasteiger partial charge on any atom is 0.00793 e. The van der Waals surface area contributed by atoms with Crippen molar-refractivity contribution in [2.24, 2.45) is 11.8 Å². The lowest BCUT2D eigenvalue weighted by atomic mass is 10.1. The van der Waals surface area contributed by atoms with Crippen molar-refractivity contribution in [1.82, 2.24) is 10.6 Å². The standard InChI is InChI=1S/C14H32N2/c1-11(2)9-13(5)15-7-8-16-14(6)10-12(3)4/h11-16H,7-10H2,1-6H3/t13-,14-/m0/s1. The molecule has 0 spiro atoms. The van der Waals surface area contributed by atoms with Gasteiger partial charge in [0.2, 0.25) is 0 Å². The summed E-state index contributed by atoms with van der Waals surface area (Å²) >= 11 is 0. The summed E-state index contributed by atoms with van der Waals surface area (Å²) in [4.78, 5) is 0. The van der Waals surface area contributed by atoms with Crippen LogP contribution in [0.3, 0.4) is 0 Å². The lowest BCUT2D eigenvalue weighted by molar-refractivity contribution is 0.410. The third kappa shape index (κ3) is 10.4. The lowest BCUT2D eigenvalue weighted by Gasteiger charge is -2.19. The van der Waals surface area contributed by atoms with E-state index in [9.17, 15) is 0 Å². The molecule has 0 saturated carbocycles. The smallest absolute Gasteiger partial charge is 0.00793 e. The SMILES string of the molecule is CC(C)C[C@H](C)NCCN[C@@H](C)CC(C)C. The maximum atomic E-state index is 3.56. The summed E-state index contributed by atoms with van der Waals surface area (Å²) in [6, 6.07) is 1.28. The zero-order valence-electron chi connectivity index (χ0n) is 12.1. The van der Waals surface area contributed by atoms with Crippen molar-refractivity contribution in [1.29, 1.82) is 0 Å². The highest BCUT2D eigenvalue weighted by Crippen LogP contribution is 2.04. The molecule has 2 N–H and O–H groups in total. The molecule has 0 amide bonds. The first kappa shape index (κ1) is 15.9. The second kappa shape index (κ2) is 9.00. The van der Waals surface area contributed by atoms with Crippen molar-refractivity contribution in [2.45, 2.75) is 66.5 Å². The van der Waals surface area contributed by atoms with E-state index in [2.05, 4.69) is 52.2 Å². The van der Waals surface area contributed by atoms with Gasteiger partial charge in [0.15, 0.2) is 0 Å². The first-order chi connectivity index (χ1) is 7.41. The van der Waals surface area contributed by atoms with E-state index in [0.717, 1.165) is 24.9 Å². The van der Waals surface area contributed by atoms with Crippen LogP contribution in [0, 0.1) is 11.8 Å². The van der Waals surface area contributed by atoms with Crippen LogP contribution in [0.15, 0.2) is 0 Å². The molecule has 0 heterocycles. The van der Waals surface area contributed by atoms with E-state index >= 15 is 0 Å². The highest BCUT2D eigenvalue weighted by molar-refractivity contribution is 4.66. The Kier molecular flexibility index (Phi) is 8.96. The summed E-state index contributed by atoms with van der Waals surface area (Å²) in [6.45, 7) is 15.8. The van der Waals surface area contributed by atoms with E-state index in [1.807, 2.05) is 0 Å². The quantitative estimate of drug-likeness (QED) is 0.593. The Morgan fingerprint density at radius 1 is 0.625 bits per heavy atom. The second-order valence-corrected chi connectivity index (χ2v) is 5.97. The lowest BCUT2D eigenvalue weighted by Crippen LogP contribution is -2.37. The zero-order chi connectivity index (χ0) is 12.6. The first-order valence-corrected chi connectivity index (χ1v) is 6.88. The molecule has 0 aromatic carbocycles. The average Bonchev–Trinajstić information content (AvgIpc) is 2.10. The molecule has 2 heteroatoms. The van der Waals surface area contributed by atoms with Crippen LogP contribution in [0.1, 0.15) is 54.4 Å². The minimum Gasteiger partial charge on any atom is -0.313 e. The van der Waals surface area contributed by atoms with Crippen molar-refractivity contribution < 1.29 is 0 Å². The molecule has 0 bridgehead atoms. The monoisotopic (exact) mass is 228 g/mol. The molecule has 0 aromatic rings. The number of nitrogens with one attached hydrogen (secondary N) is 2. The van der Waals surface area contributed by atoms with Gasteiger partial charge < -0.3 is 10.6 Å². The van der Waals surface area contributed by atoms with E-state index in [0.29, 0.717) is 12.1 Å². The largest absolute Gasteiger partial charge is 0.313 e. The van der Waals surface area contributed by atoms with Crippen LogP contribution in [-0.2, 0) is 0 Å². The van der Waals surface area contributed by atoms with E-state index < -0.39 is 0 Å². The summed E-state index contributed by atoms with van der Waals surface area (Å²) in [6.07, 6.45) is 2.53. The van der Waals surface area contributed by atoms with Crippen molar-refractivity contribution in [3.05, 3.63) is 0 Å². The predicted molar refractivity (Wildman–Crippen MR) is 73.8 cm³/mol. The van der Waals surface area contributed by atoms with E-state index in [1.54, 1.807) is 0 Å². The van der Waals surface area contributed by atoms with Crippen molar-refractivity contribution >= 4 is 0 Å². The zero-order valence-corrected chi connectivity index (χ0v) is 12.1. The van der Waals surface area contributed by atoms with E-state index in [-0.39, 0.29) is 0 Å². The Bertz CT molecular complexity index is 137. The molecule has 0 fully saturated rings. The second-order valence-electron chi connectivity index (χ2n) is 5.97. The number of hydrogen-bond acceptors (Lipinski definition) is 2. The number of hydrogen-bond donors (Lipinski definition) is 2. The van der Waals surface area contributed by atoms with Crippen LogP contribution in [0.5, 0.6) is 0 Å². The molecular weight excluding hydrogens is 196 g/mol.